The molecule has 10 heteroatoms. The number of aliphatic hydroxyl groups excluding tert-OH is 1. The van der Waals surface area contributed by atoms with E-state index >= 15 is 0 Å². The minimum Gasteiger partial charge on any atom is -0.510 e. The average Bonchev–Trinajstić information content (AvgIpc) is 3.36. The predicted octanol–water partition coefficient (Wildman–Crippen LogP) is 3.13. The lowest BCUT2D eigenvalue weighted by Gasteiger charge is -2.08. The van der Waals surface area contributed by atoms with Crippen molar-refractivity contribution in [1.82, 2.24) is 24.8 Å². The number of ether oxygens (including phenoxy) is 1. The van der Waals surface area contributed by atoms with Crippen molar-refractivity contribution in [3.05, 3.63) is 60.1 Å². The van der Waals surface area contributed by atoms with E-state index in [0.29, 0.717) is 33.6 Å². The Morgan fingerprint density at radius 1 is 1.23 bits per heavy atom. The highest BCUT2D eigenvalue weighted by Crippen LogP contribution is 2.30. The van der Waals surface area contributed by atoms with Gasteiger partial charge in [-0.05, 0) is 24.3 Å². The molecule has 0 aliphatic heterocycles. The first-order valence-corrected chi connectivity index (χ1v) is 9.85. The smallest absolute Gasteiger partial charge is 0.210 e. The van der Waals surface area contributed by atoms with Crippen LogP contribution in [0.25, 0.3) is 28.0 Å². The summed E-state index contributed by atoms with van der Waals surface area (Å²) in [5.74, 6) is 7.44. The molecule has 0 fully saturated rings. The fourth-order valence-corrected chi connectivity index (χ4v) is 3.65. The number of thioether (sulfide) groups is 1. The van der Waals surface area contributed by atoms with E-state index in [1.165, 1.54) is 4.68 Å². The second-order valence-electron chi connectivity index (χ2n) is 6.20. The molecule has 0 unspecified atom stereocenters. The van der Waals surface area contributed by atoms with Gasteiger partial charge in [-0.1, -0.05) is 36.0 Å². The Morgan fingerprint density at radius 3 is 2.77 bits per heavy atom. The van der Waals surface area contributed by atoms with Crippen molar-refractivity contribution in [2.24, 2.45) is 0 Å². The first kappa shape index (κ1) is 19.4. The molecule has 0 bridgehead atoms. The van der Waals surface area contributed by atoms with E-state index in [-0.39, 0.29) is 17.1 Å². The van der Waals surface area contributed by atoms with Gasteiger partial charge in [0, 0.05) is 0 Å². The van der Waals surface area contributed by atoms with Gasteiger partial charge in [-0.2, -0.15) is 5.26 Å². The monoisotopic (exact) mass is 419 g/mol. The summed E-state index contributed by atoms with van der Waals surface area (Å²) in [4.78, 5) is 7.41. The molecule has 30 heavy (non-hydrogen) atoms. The van der Waals surface area contributed by atoms with Crippen molar-refractivity contribution in [3.63, 3.8) is 0 Å². The van der Waals surface area contributed by atoms with Crippen LogP contribution in [-0.4, -0.2) is 42.8 Å². The Bertz CT molecular complexity index is 1250. The number of nitrogen functional groups attached to an aromatic ring is 1. The number of nitrogens with one attached hydrogen (secondary N) is 1. The Labute approximate surface area is 175 Å². The van der Waals surface area contributed by atoms with Gasteiger partial charge in [0.15, 0.2) is 11.6 Å². The Morgan fingerprint density at radius 2 is 2.00 bits per heavy atom. The number of benzene rings is 2. The van der Waals surface area contributed by atoms with Crippen LogP contribution < -0.4 is 10.6 Å². The van der Waals surface area contributed by atoms with E-state index in [4.69, 9.17) is 10.6 Å². The minimum atomic E-state index is -0.136. The molecule has 4 rings (SSSR count). The van der Waals surface area contributed by atoms with Gasteiger partial charge in [0.2, 0.25) is 5.16 Å². The zero-order chi connectivity index (χ0) is 21.1. The van der Waals surface area contributed by atoms with Crippen LogP contribution in [0.15, 0.2) is 59.4 Å². The second kappa shape index (κ2) is 8.18. The number of nitrogens with zero attached hydrogens (tertiary/aromatic N) is 5. The molecule has 0 saturated carbocycles. The van der Waals surface area contributed by atoms with E-state index < -0.39 is 0 Å². The maximum absolute atomic E-state index is 10.5. The number of allylic oxidation sites excluding steroid dienone is 1. The topological polar surface area (TPSA) is 139 Å². The molecule has 2 heterocycles. The molecule has 2 aromatic carbocycles. The summed E-state index contributed by atoms with van der Waals surface area (Å²) in [7, 11) is 1.57. The number of nitriles is 1. The summed E-state index contributed by atoms with van der Waals surface area (Å²) in [5, 5.41) is 28.6. The maximum Gasteiger partial charge on any atom is 0.210 e. The van der Waals surface area contributed by atoms with Gasteiger partial charge in [0.05, 0.1) is 29.5 Å². The lowest BCUT2D eigenvalue weighted by Crippen LogP contribution is -2.12. The quantitative estimate of drug-likeness (QED) is 0.187. The Hall–Kier alpha value is -3.97. The molecule has 9 nitrogen and oxygen atoms in total. The molecule has 0 radical (unpaired) electrons. The molecular formula is C20H17N7O2S. The lowest BCUT2D eigenvalue weighted by atomic mass is 10.2. The normalized spacial score (nSPS) is 11.9. The highest BCUT2D eigenvalue weighted by molar-refractivity contribution is 7.99. The molecule has 150 valence electrons. The third-order valence-corrected chi connectivity index (χ3v) is 5.33. The van der Waals surface area contributed by atoms with Crippen molar-refractivity contribution in [1.29, 1.82) is 5.26 Å². The third-order valence-electron chi connectivity index (χ3n) is 4.38. The lowest BCUT2D eigenvalue weighted by molar-refractivity contribution is 0.416. The van der Waals surface area contributed by atoms with Gasteiger partial charge in [0.25, 0.3) is 0 Å². The van der Waals surface area contributed by atoms with Gasteiger partial charge in [-0.25, -0.2) is 9.66 Å². The molecule has 2 aromatic heterocycles. The summed E-state index contributed by atoms with van der Waals surface area (Å²) in [5.41, 5.74) is 2.25. The van der Waals surface area contributed by atoms with E-state index in [2.05, 4.69) is 20.2 Å². The highest BCUT2D eigenvalue weighted by Gasteiger charge is 2.18. The van der Waals surface area contributed by atoms with Crippen molar-refractivity contribution in [2.75, 3.05) is 18.7 Å². The number of imidazole rings is 1. The first-order chi connectivity index (χ1) is 14.6. The molecular weight excluding hydrogens is 402 g/mol. The predicted molar refractivity (Wildman–Crippen MR) is 114 cm³/mol. The number of aliphatic hydroxyl groups is 1. The third kappa shape index (κ3) is 3.54. The summed E-state index contributed by atoms with van der Waals surface area (Å²) < 4.78 is 6.67. The Kier molecular flexibility index (Phi) is 5.28. The van der Waals surface area contributed by atoms with Gasteiger partial charge >= 0.3 is 0 Å². The van der Waals surface area contributed by atoms with Crippen molar-refractivity contribution >= 4 is 28.4 Å². The van der Waals surface area contributed by atoms with Crippen LogP contribution in [0.4, 0.5) is 0 Å². The van der Waals surface area contributed by atoms with Crippen LogP contribution in [0.5, 0.6) is 5.75 Å². The van der Waals surface area contributed by atoms with Gasteiger partial charge < -0.3 is 20.7 Å². The molecule has 4 aromatic rings. The number of methoxy groups -OCH3 is 1. The number of fused-ring (bicyclic) bond motifs is 1. The van der Waals surface area contributed by atoms with Crippen LogP contribution in [0, 0.1) is 11.3 Å². The van der Waals surface area contributed by atoms with E-state index in [1.54, 1.807) is 13.2 Å². The number of para-hydroxylation sites is 3. The van der Waals surface area contributed by atoms with Crippen LogP contribution in [0.2, 0.25) is 0 Å². The molecule has 0 aliphatic rings. The molecule has 4 N–H and O–H groups in total. The molecule has 0 atom stereocenters. The minimum absolute atomic E-state index is 0.0618. The molecule has 0 amide bonds. The second-order valence-corrected chi connectivity index (χ2v) is 7.14. The van der Waals surface area contributed by atoms with E-state index in [9.17, 15) is 10.4 Å². The SMILES string of the molecule is COc1ccccc1-c1nnc(SC/C(O)=C(\C#N)c2nc3ccccc3[nH]2)n1N. The number of aromatic nitrogens is 5. The molecule has 0 saturated heterocycles. The Balaban J connectivity index is 1.58. The fourth-order valence-electron chi connectivity index (χ4n) is 2.92. The van der Waals surface area contributed by atoms with Gasteiger partial charge in [-0.3, -0.25) is 0 Å². The largest absolute Gasteiger partial charge is 0.510 e. The fraction of sp³-hybridized carbons (Fsp3) is 0.100. The van der Waals surface area contributed by atoms with E-state index in [1.807, 2.05) is 48.5 Å². The standard InChI is InChI=1S/C20H17N7O2S/c1-29-17-9-5-2-6-12(17)19-25-26-20(27(19)22)30-11-16(28)13(10-21)18-23-14-7-3-4-8-15(14)24-18/h2-9,28H,11,22H2,1H3,(H,23,24)/b16-13-. The number of hydrogen-bond acceptors (Lipinski definition) is 8. The number of nitrogens with two attached hydrogens (primary N) is 1. The summed E-state index contributed by atoms with van der Waals surface area (Å²) in [6, 6.07) is 16.7. The summed E-state index contributed by atoms with van der Waals surface area (Å²) in [6.07, 6.45) is 0. The number of hydrogen-bond donors (Lipinski definition) is 3. The number of H-pyrrole nitrogens is 1. The molecule has 0 spiro atoms. The summed E-state index contributed by atoms with van der Waals surface area (Å²) in [6.45, 7) is 0. The highest BCUT2D eigenvalue weighted by atomic mass is 32.2. The van der Waals surface area contributed by atoms with Gasteiger partial charge in [-0.15, -0.1) is 10.2 Å². The van der Waals surface area contributed by atoms with Crippen LogP contribution in [-0.2, 0) is 0 Å². The van der Waals surface area contributed by atoms with Crippen LogP contribution in [0.3, 0.4) is 0 Å². The van der Waals surface area contributed by atoms with Crippen LogP contribution in [0.1, 0.15) is 5.82 Å². The zero-order valence-electron chi connectivity index (χ0n) is 15.9. The van der Waals surface area contributed by atoms with Crippen molar-refractivity contribution in [3.8, 4) is 23.2 Å². The zero-order valence-corrected chi connectivity index (χ0v) is 16.7. The van der Waals surface area contributed by atoms with Crippen LogP contribution >= 0.6 is 11.8 Å². The number of aromatic amines is 1. The first-order valence-electron chi connectivity index (χ1n) is 8.86. The average molecular weight is 419 g/mol. The number of rotatable bonds is 6. The van der Waals surface area contributed by atoms with Crippen molar-refractivity contribution in [2.45, 2.75) is 5.16 Å². The maximum atomic E-state index is 10.5. The summed E-state index contributed by atoms with van der Waals surface area (Å²) >= 11 is 1.15. The molecule has 0 aliphatic carbocycles. The van der Waals surface area contributed by atoms with Crippen molar-refractivity contribution < 1.29 is 9.84 Å². The van der Waals surface area contributed by atoms with E-state index in [0.717, 1.165) is 17.3 Å². The van der Waals surface area contributed by atoms with Gasteiger partial charge in [0.1, 0.15) is 23.2 Å².